The molecule has 0 unspecified atom stereocenters. The van der Waals surface area contributed by atoms with Gasteiger partial charge in [0.2, 0.25) is 0 Å². The molecule has 0 saturated carbocycles. The fourth-order valence-electron chi connectivity index (χ4n) is 0.0589. The quantitative estimate of drug-likeness (QED) is 0.293. The SMILES string of the molecule is CNSC=N. The van der Waals surface area contributed by atoms with Crippen LogP contribution in [0.3, 0.4) is 0 Å². The molecular weight excluding hydrogens is 84.1 g/mol. The van der Waals surface area contributed by atoms with Crippen LogP contribution >= 0.6 is 11.9 Å². The molecule has 0 aliphatic heterocycles. The second-order valence-corrected chi connectivity index (χ2v) is 1.32. The van der Waals surface area contributed by atoms with Crippen LogP contribution in [0.4, 0.5) is 0 Å². The molecule has 0 aliphatic carbocycles. The zero-order valence-electron chi connectivity index (χ0n) is 2.99. The van der Waals surface area contributed by atoms with E-state index in [2.05, 4.69) is 4.72 Å². The van der Waals surface area contributed by atoms with E-state index in [0.717, 1.165) is 0 Å². The maximum Gasteiger partial charge on any atom is 0.0659 e. The highest BCUT2D eigenvalue weighted by molar-refractivity contribution is 8.10. The van der Waals surface area contributed by atoms with Crippen LogP contribution in [0, 0.1) is 5.41 Å². The van der Waals surface area contributed by atoms with E-state index < -0.39 is 0 Å². The van der Waals surface area contributed by atoms with Gasteiger partial charge in [0, 0.05) is 0 Å². The van der Waals surface area contributed by atoms with Crippen molar-refractivity contribution in [2.24, 2.45) is 0 Å². The van der Waals surface area contributed by atoms with Gasteiger partial charge in [-0.3, -0.25) is 4.72 Å². The normalized spacial score (nSPS) is 7.40. The fraction of sp³-hybridized carbons (Fsp3) is 0.500. The van der Waals surface area contributed by atoms with Gasteiger partial charge in [0.1, 0.15) is 0 Å². The highest BCUT2D eigenvalue weighted by atomic mass is 32.2. The predicted octanol–water partition coefficient (Wildman–Crippen LogP) is 0.461. The molecule has 0 aromatic heterocycles. The van der Waals surface area contributed by atoms with E-state index in [9.17, 15) is 0 Å². The van der Waals surface area contributed by atoms with Crippen LogP contribution in [0.25, 0.3) is 0 Å². The summed E-state index contributed by atoms with van der Waals surface area (Å²) in [7, 11) is 1.77. The van der Waals surface area contributed by atoms with Gasteiger partial charge in [-0.25, -0.2) is 0 Å². The van der Waals surface area contributed by atoms with Gasteiger partial charge in [0.05, 0.1) is 5.55 Å². The first kappa shape index (κ1) is 4.98. The Balaban J connectivity index is 2.40. The van der Waals surface area contributed by atoms with Gasteiger partial charge in [-0.1, -0.05) is 0 Å². The van der Waals surface area contributed by atoms with Crippen LogP contribution in [0.15, 0.2) is 0 Å². The Labute approximate surface area is 35.6 Å². The summed E-state index contributed by atoms with van der Waals surface area (Å²) in [5, 5.41) is 6.38. The molecule has 0 radical (unpaired) electrons. The van der Waals surface area contributed by atoms with Gasteiger partial charge in [0.25, 0.3) is 0 Å². The van der Waals surface area contributed by atoms with E-state index in [0.29, 0.717) is 0 Å². The molecule has 2 nitrogen and oxygen atoms in total. The second-order valence-electron chi connectivity index (χ2n) is 0.440. The highest BCUT2D eigenvalue weighted by Gasteiger charge is 1.59. The third-order valence-corrected chi connectivity index (χ3v) is 0.530. The van der Waals surface area contributed by atoms with Crippen molar-refractivity contribution >= 4 is 17.5 Å². The molecule has 0 fully saturated rings. The van der Waals surface area contributed by atoms with Gasteiger partial charge in [0.15, 0.2) is 0 Å². The minimum atomic E-state index is 1.24. The Morgan fingerprint density at radius 2 is 2.60 bits per heavy atom. The molecule has 0 spiro atoms. The van der Waals surface area contributed by atoms with Crippen molar-refractivity contribution < 1.29 is 0 Å². The first-order chi connectivity index (χ1) is 2.41. The molecule has 0 rings (SSSR count). The van der Waals surface area contributed by atoms with E-state index >= 15 is 0 Å². The van der Waals surface area contributed by atoms with Gasteiger partial charge in [-0.15, -0.1) is 0 Å². The van der Waals surface area contributed by atoms with E-state index in [4.69, 9.17) is 5.41 Å². The predicted molar refractivity (Wildman–Crippen MR) is 25.4 cm³/mol. The van der Waals surface area contributed by atoms with Gasteiger partial charge < -0.3 is 5.41 Å². The van der Waals surface area contributed by atoms with Gasteiger partial charge >= 0.3 is 0 Å². The molecule has 0 atom stereocenters. The second kappa shape index (κ2) is 3.98. The van der Waals surface area contributed by atoms with E-state index in [1.165, 1.54) is 17.5 Å². The molecule has 2 N–H and O–H groups in total. The van der Waals surface area contributed by atoms with E-state index in [1.54, 1.807) is 7.05 Å². The summed E-state index contributed by atoms with van der Waals surface area (Å²) in [6, 6.07) is 0. The van der Waals surface area contributed by atoms with Crippen LogP contribution in [-0.4, -0.2) is 12.6 Å². The number of hydrogen-bond acceptors (Lipinski definition) is 3. The van der Waals surface area contributed by atoms with Crippen molar-refractivity contribution in [2.45, 2.75) is 0 Å². The topological polar surface area (TPSA) is 35.9 Å². The van der Waals surface area contributed by atoms with E-state index in [-0.39, 0.29) is 0 Å². The van der Waals surface area contributed by atoms with Crippen molar-refractivity contribution in [3.8, 4) is 0 Å². The van der Waals surface area contributed by atoms with Crippen LogP contribution in [0.2, 0.25) is 0 Å². The largest absolute Gasteiger partial charge is 0.301 e. The first-order valence-corrected chi connectivity index (χ1v) is 2.11. The Kier molecular flexibility index (Phi) is 3.96. The van der Waals surface area contributed by atoms with Crippen LogP contribution in [0.5, 0.6) is 0 Å². The number of hydrogen-bond donors (Lipinski definition) is 2. The van der Waals surface area contributed by atoms with Crippen molar-refractivity contribution in [1.29, 1.82) is 5.41 Å². The monoisotopic (exact) mass is 90.0 g/mol. The molecule has 0 amide bonds. The Morgan fingerprint density at radius 1 is 2.00 bits per heavy atom. The van der Waals surface area contributed by atoms with Crippen molar-refractivity contribution in [2.75, 3.05) is 7.05 Å². The average molecular weight is 90.2 g/mol. The summed E-state index contributed by atoms with van der Waals surface area (Å²) in [5.41, 5.74) is 1.24. The van der Waals surface area contributed by atoms with Crippen molar-refractivity contribution in [3.63, 3.8) is 0 Å². The number of rotatable bonds is 2. The summed E-state index contributed by atoms with van der Waals surface area (Å²) >= 11 is 1.25. The van der Waals surface area contributed by atoms with Crippen LogP contribution in [0.1, 0.15) is 0 Å². The van der Waals surface area contributed by atoms with Crippen LogP contribution < -0.4 is 4.72 Å². The number of nitrogens with one attached hydrogen (secondary N) is 2. The van der Waals surface area contributed by atoms with Gasteiger partial charge in [-0.05, 0) is 19.0 Å². The molecule has 0 bridgehead atoms. The molecule has 0 heterocycles. The lowest BCUT2D eigenvalue weighted by atomic mass is 11.6. The smallest absolute Gasteiger partial charge is 0.0659 e. The summed E-state index contributed by atoms with van der Waals surface area (Å²) in [4.78, 5) is 0. The minimum Gasteiger partial charge on any atom is -0.301 e. The zero-order valence-corrected chi connectivity index (χ0v) is 3.80. The lowest BCUT2D eigenvalue weighted by Crippen LogP contribution is -1.87. The first-order valence-electron chi connectivity index (χ1n) is 1.23. The van der Waals surface area contributed by atoms with Gasteiger partial charge in [-0.2, -0.15) is 0 Å². The minimum absolute atomic E-state index is 1.24. The summed E-state index contributed by atoms with van der Waals surface area (Å²) < 4.78 is 2.69. The standard InChI is InChI=1S/C2H6N2S/c1-4-5-2-3/h2-4H,1H3. The molecule has 5 heavy (non-hydrogen) atoms. The Bertz CT molecular complexity index is 28.8. The molecule has 0 aromatic rings. The average Bonchev–Trinajstić information content (AvgIpc) is 1.41. The maximum absolute atomic E-state index is 6.38. The Morgan fingerprint density at radius 3 is 2.60 bits per heavy atom. The third-order valence-electron chi connectivity index (χ3n) is 0.177. The molecule has 0 saturated heterocycles. The highest BCUT2D eigenvalue weighted by Crippen LogP contribution is 1.75. The van der Waals surface area contributed by atoms with Crippen molar-refractivity contribution in [1.82, 2.24) is 4.72 Å². The molecule has 3 heteroatoms. The molecular formula is C2H6N2S. The Hall–Kier alpha value is -0.0200. The lowest BCUT2D eigenvalue weighted by Gasteiger charge is -1.77. The zero-order chi connectivity index (χ0) is 4.12. The lowest BCUT2D eigenvalue weighted by molar-refractivity contribution is 1.31. The van der Waals surface area contributed by atoms with Crippen LogP contribution in [-0.2, 0) is 0 Å². The van der Waals surface area contributed by atoms with E-state index in [1.807, 2.05) is 0 Å². The summed E-state index contributed by atoms with van der Waals surface area (Å²) in [6.45, 7) is 0. The molecule has 30 valence electrons. The fourth-order valence-corrected chi connectivity index (χ4v) is 0.177. The molecule has 0 aliphatic rings. The third kappa shape index (κ3) is 3.98. The maximum atomic E-state index is 6.38. The molecule has 0 aromatic carbocycles. The summed E-state index contributed by atoms with van der Waals surface area (Å²) in [5.74, 6) is 0. The van der Waals surface area contributed by atoms with Crippen molar-refractivity contribution in [3.05, 3.63) is 0 Å². The summed E-state index contributed by atoms with van der Waals surface area (Å²) in [6.07, 6.45) is 0.